The number of anilines is 3. The molecule has 6 heteroatoms. The fourth-order valence-corrected chi connectivity index (χ4v) is 1.90. The van der Waals surface area contributed by atoms with Crippen molar-refractivity contribution in [3.05, 3.63) is 36.1 Å². The number of benzene rings is 2. The van der Waals surface area contributed by atoms with Gasteiger partial charge in [0.15, 0.2) is 23.1 Å². The fraction of sp³-hybridized carbons (Fsp3) is 0.200. The summed E-state index contributed by atoms with van der Waals surface area (Å²) < 4.78 is 28.9. The number of hydrogen-bond donors (Lipinski definition) is 2. The summed E-state index contributed by atoms with van der Waals surface area (Å²) in [5.41, 5.74) is 7.55. The zero-order chi connectivity index (χ0) is 15.4. The second-order valence-electron chi connectivity index (χ2n) is 4.27. The molecule has 0 heterocycles. The summed E-state index contributed by atoms with van der Waals surface area (Å²) in [4.78, 5) is 0. The van der Waals surface area contributed by atoms with Crippen molar-refractivity contribution in [2.75, 3.05) is 32.4 Å². The van der Waals surface area contributed by atoms with Crippen LogP contribution in [0.5, 0.6) is 17.2 Å². The maximum atomic E-state index is 13.7. The van der Waals surface area contributed by atoms with Crippen LogP contribution in [0, 0.1) is 5.82 Å². The van der Waals surface area contributed by atoms with Crippen molar-refractivity contribution in [1.82, 2.24) is 0 Å². The Balaban J connectivity index is 2.33. The number of nitrogens with two attached hydrogens (primary N) is 1. The summed E-state index contributed by atoms with van der Waals surface area (Å²) in [6.45, 7) is 0. The first kappa shape index (κ1) is 14.8. The number of hydrogen-bond acceptors (Lipinski definition) is 5. The van der Waals surface area contributed by atoms with Gasteiger partial charge < -0.3 is 25.3 Å². The lowest BCUT2D eigenvalue weighted by Crippen LogP contribution is -2.00. The molecule has 2 rings (SSSR count). The van der Waals surface area contributed by atoms with Gasteiger partial charge >= 0.3 is 0 Å². The molecule has 0 amide bonds. The zero-order valence-electron chi connectivity index (χ0n) is 12.1. The molecule has 2 aromatic carbocycles. The molecule has 5 nitrogen and oxygen atoms in total. The van der Waals surface area contributed by atoms with Gasteiger partial charge in [-0.3, -0.25) is 0 Å². The highest BCUT2D eigenvalue weighted by Crippen LogP contribution is 2.36. The molecule has 0 aliphatic rings. The van der Waals surface area contributed by atoms with Crippen LogP contribution >= 0.6 is 0 Å². The zero-order valence-corrected chi connectivity index (χ0v) is 12.1. The van der Waals surface area contributed by atoms with Gasteiger partial charge in [-0.25, -0.2) is 4.39 Å². The van der Waals surface area contributed by atoms with Crippen molar-refractivity contribution >= 4 is 17.1 Å². The molecule has 0 fully saturated rings. The highest BCUT2D eigenvalue weighted by molar-refractivity contribution is 5.76. The van der Waals surface area contributed by atoms with E-state index in [9.17, 15) is 4.39 Å². The Bertz CT molecular complexity index is 647. The van der Waals surface area contributed by atoms with Crippen LogP contribution in [0.2, 0.25) is 0 Å². The molecule has 0 aromatic heterocycles. The standard InChI is InChI=1S/C15H17FN2O3/c1-19-13-5-4-9(6-10(13)16)18-12-8-15(21-3)14(20-2)7-11(12)17/h4-8,18H,17H2,1-3H3. The molecule has 0 aliphatic carbocycles. The minimum atomic E-state index is -0.457. The van der Waals surface area contributed by atoms with E-state index < -0.39 is 5.82 Å². The molecule has 0 aliphatic heterocycles. The minimum absolute atomic E-state index is 0.181. The van der Waals surface area contributed by atoms with E-state index in [0.717, 1.165) is 0 Å². The van der Waals surface area contributed by atoms with Gasteiger partial charge in [-0.1, -0.05) is 0 Å². The second-order valence-corrected chi connectivity index (χ2v) is 4.27. The number of nitrogens with one attached hydrogen (secondary N) is 1. The molecule has 2 aromatic rings. The maximum absolute atomic E-state index is 13.7. The summed E-state index contributed by atoms with van der Waals surface area (Å²) >= 11 is 0. The van der Waals surface area contributed by atoms with Gasteiger partial charge in [0.1, 0.15) is 0 Å². The van der Waals surface area contributed by atoms with Crippen molar-refractivity contribution in [2.45, 2.75) is 0 Å². The molecule has 0 radical (unpaired) electrons. The highest BCUT2D eigenvalue weighted by Gasteiger charge is 2.10. The predicted molar refractivity (Wildman–Crippen MR) is 80.2 cm³/mol. The molecule has 0 atom stereocenters. The van der Waals surface area contributed by atoms with Crippen LogP contribution in [-0.2, 0) is 0 Å². The molecule has 0 unspecified atom stereocenters. The van der Waals surface area contributed by atoms with E-state index in [1.807, 2.05) is 0 Å². The number of nitrogen functional groups attached to an aromatic ring is 1. The van der Waals surface area contributed by atoms with Crippen LogP contribution in [-0.4, -0.2) is 21.3 Å². The lowest BCUT2D eigenvalue weighted by Gasteiger charge is -2.14. The van der Waals surface area contributed by atoms with Crippen LogP contribution < -0.4 is 25.3 Å². The number of ether oxygens (including phenoxy) is 3. The Morgan fingerprint density at radius 1 is 0.905 bits per heavy atom. The van der Waals surface area contributed by atoms with Gasteiger partial charge in [0.05, 0.1) is 32.7 Å². The Labute approximate surface area is 122 Å². The van der Waals surface area contributed by atoms with E-state index in [0.29, 0.717) is 28.6 Å². The van der Waals surface area contributed by atoms with Crippen LogP contribution in [0.4, 0.5) is 21.5 Å². The fourth-order valence-electron chi connectivity index (χ4n) is 1.90. The summed E-state index contributed by atoms with van der Waals surface area (Å²) in [6.07, 6.45) is 0. The molecule has 0 saturated heterocycles. The second kappa shape index (κ2) is 6.21. The Morgan fingerprint density at radius 3 is 2.10 bits per heavy atom. The van der Waals surface area contributed by atoms with E-state index in [2.05, 4.69) is 5.32 Å². The molecule has 112 valence electrons. The van der Waals surface area contributed by atoms with E-state index in [1.165, 1.54) is 33.5 Å². The van der Waals surface area contributed by atoms with E-state index in [-0.39, 0.29) is 5.75 Å². The van der Waals surface area contributed by atoms with Gasteiger partial charge in [0, 0.05) is 23.9 Å². The van der Waals surface area contributed by atoms with Crippen molar-refractivity contribution in [3.63, 3.8) is 0 Å². The summed E-state index contributed by atoms with van der Waals surface area (Å²) in [5.74, 6) is 0.784. The maximum Gasteiger partial charge on any atom is 0.167 e. The number of rotatable bonds is 5. The van der Waals surface area contributed by atoms with Gasteiger partial charge in [0.25, 0.3) is 0 Å². The lowest BCUT2D eigenvalue weighted by molar-refractivity contribution is 0.355. The highest BCUT2D eigenvalue weighted by atomic mass is 19.1. The van der Waals surface area contributed by atoms with Gasteiger partial charge in [-0.05, 0) is 12.1 Å². The van der Waals surface area contributed by atoms with Gasteiger partial charge in [0.2, 0.25) is 0 Å². The molecule has 0 bridgehead atoms. The summed E-state index contributed by atoms with van der Waals surface area (Å²) in [7, 11) is 4.48. The third-order valence-electron chi connectivity index (χ3n) is 2.99. The SMILES string of the molecule is COc1ccc(Nc2cc(OC)c(OC)cc2N)cc1F. The van der Waals surface area contributed by atoms with Crippen molar-refractivity contribution in [3.8, 4) is 17.2 Å². The first-order valence-corrected chi connectivity index (χ1v) is 6.21. The largest absolute Gasteiger partial charge is 0.494 e. The van der Waals surface area contributed by atoms with E-state index in [4.69, 9.17) is 19.9 Å². The van der Waals surface area contributed by atoms with Crippen LogP contribution in [0.1, 0.15) is 0 Å². The normalized spacial score (nSPS) is 10.1. The number of halogens is 1. The lowest BCUT2D eigenvalue weighted by atomic mass is 10.2. The Hall–Kier alpha value is -2.63. The average Bonchev–Trinajstić information content (AvgIpc) is 2.49. The van der Waals surface area contributed by atoms with Gasteiger partial charge in [-0.2, -0.15) is 0 Å². The number of methoxy groups -OCH3 is 3. The Kier molecular flexibility index (Phi) is 4.37. The van der Waals surface area contributed by atoms with Crippen molar-refractivity contribution in [1.29, 1.82) is 0 Å². The predicted octanol–water partition coefficient (Wildman–Crippen LogP) is 3.18. The molecule has 0 spiro atoms. The van der Waals surface area contributed by atoms with E-state index >= 15 is 0 Å². The smallest absolute Gasteiger partial charge is 0.167 e. The molecule has 21 heavy (non-hydrogen) atoms. The quantitative estimate of drug-likeness (QED) is 0.829. The third-order valence-corrected chi connectivity index (χ3v) is 2.99. The molecule has 3 N–H and O–H groups in total. The monoisotopic (exact) mass is 292 g/mol. The minimum Gasteiger partial charge on any atom is -0.494 e. The molecular formula is C15H17FN2O3. The van der Waals surface area contributed by atoms with Crippen molar-refractivity contribution in [2.24, 2.45) is 0 Å². The summed E-state index contributed by atoms with van der Waals surface area (Å²) in [5, 5.41) is 3.03. The first-order valence-electron chi connectivity index (χ1n) is 6.21. The summed E-state index contributed by atoms with van der Waals surface area (Å²) in [6, 6.07) is 7.89. The van der Waals surface area contributed by atoms with Crippen LogP contribution in [0.3, 0.4) is 0 Å². The first-order chi connectivity index (χ1) is 10.1. The Morgan fingerprint density at radius 2 is 1.52 bits per heavy atom. The van der Waals surface area contributed by atoms with E-state index in [1.54, 1.807) is 18.2 Å². The van der Waals surface area contributed by atoms with Crippen molar-refractivity contribution < 1.29 is 18.6 Å². The third kappa shape index (κ3) is 3.10. The van der Waals surface area contributed by atoms with Gasteiger partial charge in [-0.15, -0.1) is 0 Å². The average molecular weight is 292 g/mol. The van der Waals surface area contributed by atoms with Crippen LogP contribution in [0.25, 0.3) is 0 Å². The topological polar surface area (TPSA) is 65.7 Å². The molecular weight excluding hydrogens is 275 g/mol. The molecule has 0 saturated carbocycles. The van der Waals surface area contributed by atoms with Crippen LogP contribution in [0.15, 0.2) is 30.3 Å².